The molecular formula is C21H18N2O3S. The monoisotopic (exact) mass is 378 g/mol. The van der Waals surface area contributed by atoms with Gasteiger partial charge in [-0.3, -0.25) is 9.59 Å². The van der Waals surface area contributed by atoms with Gasteiger partial charge in [-0.25, -0.2) is 0 Å². The fourth-order valence-electron chi connectivity index (χ4n) is 2.55. The van der Waals surface area contributed by atoms with Crippen LogP contribution in [0.1, 0.15) is 26.4 Å². The normalized spacial score (nSPS) is 10.8. The van der Waals surface area contributed by atoms with E-state index in [-0.39, 0.29) is 11.3 Å². The summed E-state index contributed by atoms with van der Waals surface area (Å²) in [6.07, 6.45) is 3.46. The predicted octanol–water partition coefficient (Wildman–Crippen LogP) is 3.80. The molecule has 0 atom stereocenters. The molecular weight excluding hydrogens is 360 g/mol. The molecule has 0 saturated carbocycles. The van der Waals surface area contributed by atoms with E-state index in [0.717, 1.165) is 10.4 Å². The number of carbonyl (C=O) groups excluding carboxylic acids is 2. The first-order valence-electron chi connectivity index (χ1n) is 8.26. The molecule has 0 unspecified atom stereocenters. The molecule has 27 heavy (non-hydrogen) atoms. The minimum absolute atomic E-state index is 0.0839. The van der Waals surface area contributed by atoms with E-state index in [1.165, 1.54) is 29.6 Å². The number of carbonyl (C=O) groups is 2. The lowest BCUT2D eigenvalue weighted by molar-refractivity contribution is -0.111. The second-order valence-corrected chi connectivity index (χ2v) is 7.00. The van der Waals surface area contributed by atoms with Crippen LogP contribution >= 0.6 is 11.3 Å². The number of nitrogens with two attached hydrogens (primary N) is 1. The summed E-state index contributed by atoms with van der Waals surface area (Å²) in [6, 6.07) is 18.2. The van der Waals surface area contributed by atoms with Gasteiger partial charge in [-0.2, -0.15) is 0 Å². The van der Waals surface area contributed by atoms with Crippen LogP contribution < -0.4 is 11.1 Å². The minimum atomic E-state index is -0.592. The average Bonchev–Trinajstić information content (AvgIpc) is 3.04. The van der Waals surface area contributed by atoms with Crippen molar-refractivity contribution in [3.63, 3.8) is 0 Å². The molecule has 0 aliphatic heterocycles. The van der Waals surface area contributed by atoms with E-state index < -0.39 is 11.8 Å². The maximum atomic E-state index is 12.2. The lowest BCUT2D eigenvalue weighted by atomic mass is 10.1. The maximum Gasteiger partial charge on any atom is 0.251 e. The summed E-state index contributed by atoms with van der Waals surface area (Å²) < 4.78 is 0. The topological polar surface area (TPSA) is 92.4 Å². The number of rotatable bonds is 6. The Morgan fingerprint density at radius 2 is 1.78 bits per heavy atom. The Bertz CT molecular complexity index is 994. The highest BCUT2D eigenvalue weighted by Crippen LogP contribution is 2.30. The number of benzene rings is 2. The molecule has 4 N–H and O–H groups in total. The third-order valence-electron chi connectivity index (χ3n) is 3.86. The minimum Gasteiger partial charge on any atom is -0.507 e. The zero-order valence-corrected chi connectivity index (χ0v) is 15.2. The summed E-state index contributed by atoms with van der Waals surface area (Å²) in [5.41, 5.74) is 7.36. The number of hydrogen-bond donors (Lipinski definition) is 3. The van der Waals surface area contributed by atoms with Gasteiger partial charge in [0, 0.05) is 22.9 Å². The molecule has 6 heteroatoms. The molecule has 0 spiro atoms. The molecule has 2 aromatic carbocycles. The van der Waals surface area contributed by atoms with Gasteiger partial charge in [-0.05, 0) is 23.8 Å². The van der Waals surface area contributed by atoms with E-state index in [0.29, 0.717) is 17.0 Å². The Morgan fingerprint density at radius 1 is 1.07 bits per heavy atom. The number of nitrogens with one attached hydrogen (secondary N) is 1. The van der Waals surface area contributed by atoms with Gasteiger partial charge < -0.3 is 16.2 Å². The first-order chi connectivity index (χ1) is 13.0. The van der Waals surface area contributed by atoms with Crippen LogP contribution in [0.3, 0.4) is 0 Å². The second kappa shape index (κ2) is 8.33. The summed E-state index contributed by atoms with van der Waals surface area (Å²) in [4.78, 5) is 24.9. The Morgan fingerprint density at radius 3 is 2.48 bits per heavy atom. The fraction of sp³-hybridized carbons (Fsp3) is 0.0476. The van der Waals surface area contributed by atoms with Crippen molar-refractivity contribution in [3.05, 3.63) is 88.3 Å². The van der Waals surface area contributed by atoms with Gasteiger partial charge in [0.25, 0.3) is 5.91 Å². The van der Waals surface area contributed by atoms with Crippen molar-refractivity contribution in [3.8, 4) is 5.75 Å². The second-order valence-electron chi connectivity index (χ2n) is 5.86. The van der Waals surface area contributed by atoms with Gasteiger partial charge in [0.1, 0.15) is 10.8 Å². The smallest absolute Gasteiger partial charge is 0.251 e. The highest BCUT2D eigenvalue weighted by atomic mass is 32.1. The molecule has 3 rings (SSSR count). The van der Waals surface area contributed by atoms with Crippen molar-refractivity contribution < 1.29 is 14.7 Å². The molecule has 3 aromatic rings. The van der Waals surface area contributed by atoms with Crippen molar-refractivity contribution in [2.75, 3.05) is 5.32 Å². The number of para-hydroxylation sites is 1. The van der Waals surface area contributed by atoms with Crippen molar-refractivity contribution in [1.29, 1.82) is 0 Å². The van der Waals surface area contributed by atoms with Crippen molar-refractivity contribution in [2.24, 2.45) is 5.73 Å². The molecule has 2 amide bonds. The lowest BCUT2D eigenvalue weighted by Gasteiger charge is -2.01. The van der Waals surface area contributed by atoms with Gasteiger partial charge in [0.2, 0.25) is 5.91 Å². The first-order valence-corrected chi connectivity index (χ1v) is 9.08. The Labute approximate surface area is 160 Å². The summed E-state index contributed by atoms with van der Waals surface area (Å²) in [7, 11) is 0. The number of primary amides is 1. The number of amides is 2. The number of phenols is 1. The SMILES string of the molecule is NC(=O)c1cc(Cc2ccccc2)sc1NC(=O)C=Cc1ccccc1O. The van der Waals surface area contributed by atoms with Gasteiger partial charge in [0.05, 0.1) is 5.56 Å². The third kappa shape index (κ3) is 4.83. The van der Waals surface area contributed by atoms with Crippen LogP contribution in [-0.4, -0.2) is 16.9 Å². The van der Waals surface area contributed by atoms with Gasteiger partial charge in [-0.15, -0.1) is 11.3 Å². The largest absolute Gasteiger partial charge is 0.507 e. The Kier molecular flexibility index (Phi) is 5.68. The van der Waals surface area contributed by atoms with Crippen LogP contribution in [0.15, 0.2) is 66.7 Å². The number of aromatic hydroxyl groups is 1. The molecule has 0 saturated heterocycles. The van der Waals surface area contributed by atoms with Gasteiger partial charge >= 0.3 is 0 Å². The number of anilines is 1. The third-order valence-corrected chi connectivity index (χ3v) is 4.91. The first kappa shape index (κ1) is 18.4. The van der Waals surface area contributed by atoms with Crippen molar-refractivity contribution in [1.82, 2.24) is 0 Å². The van der Waals surface area contributed by atoms with E-state index in [4.69, 9.17) is 5.73 Å². The molecule has 1 aromatic heterocycles. The van der Waals surface area contributed by atoms with E-state index in [9.17, 15) is 14.7 Å². The summed E-state index contributed by atoms with van der Waals surface area (Å²) >= 11 is 1.32. The van der Waals surface area contributed by atoms with E-state index in [1.54, 1.807) is 24.3 Å². The Hall–Kier alpha value is -3.38. The average molecular weight is 378 g/mol. The van der Waals surface area contributed by atoms with Crippen molar-refractivity contribution >= 4 is 34.2 Å². The maximum absolute atomic E-state index is 12.2. The quantitative estimate of drug-likeness (QED) is 0.570. The van der Waals surface area contributed by atoms with Crippen molar-refractivity contribution in [2.45, 2.75) is 6.42 Å². The predicted molar refractivity (Wildman–Crippen MR) is 108 cm³/mol. The standard InChI is InChI=1S/C21H18N2O3S/c22-20(26)17-13-16(12-14-6-2-1-3-7-14)27-21(17)23-19(25)11-10-15-8-4-5-9-18(15)24/h1-11,13,24H,12H2,(H2,22,26)(H,23,25). The highest BCUT2D eigenvalue weighted by molar-refractivity contribution is 7.16. The molecule has 0 fully saturated rings. The molecule has 0 radical (unpaired) electrons. The molecule has 0 aliphatic rings. The van der Waals surface area contributed by atoms with Crippen LogP contribution in [0.4, 0.5) is 5.00 Å². The zero-order valence-electron chi connectivity index (χ0n) is 14.4. The van der Waals surface area contributed by atoms with Crippen LogP contribution in [0.2, 0.25) is 0 Å². The Balaban J connectivity index is 1.76. The number of hydrogen-bond acceptors (Lipinski definition) is 4. The zero-order chi connectivity index (χ0) is 19.2. The van der Waals surface area contributed by atoms with Crippen LogP contribution in [0, 0.1) is 0 Å². The molecule has 136 valence electrons. The van der Waals surface area contributed by atoms with Crippen LogP contribution in [-0.2, 0) is 11.2 Å². The van der Waals surface area contributed by atoms with E-state index in [1.807, 2.05) is 30.3 Å². The molecule has 0 bridgehead atoms. The fourth-order valence-corrected chi connectivity index (χ4v) is 3.65. The number of thiophene rings is 1. The number of phenolic OH excluding ortho intramolecular Hbond substituents is 1. The summed E-state index contributed by atoms with van der Waals surface area (Å²) in [6.45, 7) is 0. The van der Waals surface area contributed by atoms with Crippen LogP contribution in [0.5, 0.6) is 5.75 Å². The lowest BCUT2D eigenvalue weighted by Crippen LogP contribution is -2.14. The summed E-state index contributed by atoms with van der Waals surface area (Å²) in [5.74, 6) is -0.917. The molecule has 1 heterocycles. The summed E-state index contributed by atoms with van der Waals surface area (Å²) in [5, 5.41) is 12.8. The van der Waals surface area contributed by atoms with E-state index >= 15 is 0 Å². The van der Waals surface area contributed by atoms with E-state index in [2.05, 4.69) is 5.32 Å². The molecule has 5 nitrogen and oxygen atoms in total. The highest BCUT2D eigenvalue weighted by Gasteiger charge is 2.15. The molecule has 0 aliphatic carbocycles. The van der Waals surface area contributed by atoms with Gasteiger partial charge in [-0.1, -0.05) is 48.5 Å². The van der Waals surface area contributed by atoms with Crippen LogP contribution in [0.25, 0.3) is 6.08 Å². The van der Waals surface area contributed by atoms with Gasteiger partial charge in [0.15, 0.2) is 0 Å².